The number of nitrogens with zero attached hydrogens (tertiary/aromatic N) is 2. The number of sulfonamides is 1. The molecule has 1 fully saturated rings. The molecule has 4 rings (SSSR count). The topological polar surface area (TPSA) is 176 Å². The number of benzene rings is 2. The van der Waals surface area contributed by atoms with E-state index in [9.17, 15) is 26.4 Å². The van der Waals surface area contributed by atoms with Gasteiger partial charge in [0.1, 0.15) is 6.04 Å². The van der Waals surface area contributed by atoms with Crippen LogP contribution in [0.4, 0.5) is 5.69 Å². The Morgan fingerprint density at radius 1 is 1.02 bits per heavy atom. The lowest BCUT2D eigenvalue weighted by molar-refractivity contribution is -0.141. The summed E-state index contributed by atoms with van der Waals surface area (Å²) >= 11 is 0. The minimum absolute atomic E-state index is 0.00302. The largest absolute Gasteiger partial charge is 0.371 e. The molecule has 2 heterocycles. The van der Waals surface area contributed by atoms with E-state index in [2.05, 4.69) is 5.32 Å². The second kappa shape index (κ2) is 13.3. The summed E-state index contributed by atoms with van der Waals surface area (Å²) in [6, 6.07) is 16.4. The number of nitrogens with one attached hydrogen (secondary N) is 1. The van der Waals surface area contributed by atoms with Crippen LogP contribution in [0.15, 0.2) is 54.6 Å². The van der Waals surface area contributed by atoms with Gasteiger partial charge in [-0.2, -0.15) is 8.42 Å². The molecule has 43 heavy (non-hydrogen) atoms. The molecule has 2 aromatic rings. The van der Waals surface area contributed by atoms with Gasteiger partial charge in [-0.15, -0.1) is 0 Å². The van der Waals surface area contributed by atoms with Gasteiger partial charge in [-0.3, -0.25) is 18.4 Å². The molecule has 2 unspecified atom stereocenters. The fourth-order valence-electron chi connectivity index (χ4n) is 5.26. The Bertz CT molecular complexity index is 1490. The maximum Gasteiger partial charge on any atom is 0.261 e. The van der Waals surface area contributed by atoms with Gasteiger partial charge in [-0.05, 0) is 50.8 Å². The fourth-order valence-corrected chi connectivity index (χ4v) is 6.26. The Labute approximate surface area is 254 Å². The first-order chi connectivity index (χ1) is 19.8. The summed E-state index contributed by atoms with van der Waals surface area (Å²) in [7, 11) is -7.09. The number of anilines is 1. The van der Waals surface area contributed by atoms with Gasteiger partial charge in [-0.25, -0.2) is 8.42 Å². The molecule has 0 aromatic heterocycles. The molecule has 2 aliphatic heterocycles. The standard InChI is InChI=1S/C28H38N4O5S.CH4O3S/c1-20(21-10-6-5-7-11-21)37-18-23(30-26(34)27(2,3)29)25(33)31-16-14-28(15-17-31)19-32(38(4,35)36)24-13-9-8-12-22(24)28;1-5(2,3)4/h5-13,20,23H,14-19,29H2,1-4H3,(H,30,34);1H3,(H,2,3,4). The van der Waals surface area contributed by atoms with Crippen molar-refractivity contribution in [3.8, 4) is 0 Å². The van der Waals surface area contributed by atoms with Crippen molar-refractivity contribution in [3.63, 3.8) is 0 Å². The number of para-hydroxylation sites is 1. The van der Waals surface area contributed by atoms with Crippen molar-refractivity contribution in [1.82, 2.24) is 10.2 Å². The first kappa shape index (κ1) is 34.5. The van der Waals surface area contributed by atoms with E-state index < -0.39 is 37.6 Å². The molecule has 238 valence electrons. The number of carbonyl (C=O) groups is 2. The van der Waals surface area contributed by atoms with E-state index in [-0.39, 0.29) is 24.0 Å². The van der Waals surface area contributed by atoms with Crippen LogP contribution >= 0.6 is 0 Å². The molecule has 4 N–H and O–H groups in total. The summed E-state index contributed by atoms with van der Waals surface area (Å²) in [5.74, 6) is -0.669. The molecular weight excluding hydrogens is 596 g/mol. The third-order valence-corrected chi connectivity index (χ3v) is 8.72. The first-order valence-corrected chi connectivity index (χ1v) is 17.6. The van der Waals surface area contributed by atoms with E-state index in [1.807, 2.05) is 61.5 Å². The highest BCUT2D eigenvalue weighted by molar-refractivity contribution is 7.92. The second-order valence-corrected chi connectivity index (χ2v) is 15.1. The molecule has 2 atom stereocenters. The Kier molecular flexibility index (Phi) is 10.7. The molecule has 1 spiro atoms. The Morgan fingerprint density at radius 3 is 2.09 bits per heavy atom. The lowest BCUT2D eigenvalue weighted by Gasteiger charge is -2.41. The number of piperidine rings is 1. The monoisotopic (exact) mass is 638 g/mol. The van der Waals surface area contributed by atoms with Crippen molar-refractivity contribution in [2.45, 2.75) is 56.7 Å². The lowest BCUT2D eigenvalue weighted by Crippen LogP contribution is -2.59. The third kappa shape index (κ3) is 9.22. The van der Waals surface area contributed by atoms with Gasteiger partial charge in [-0.1, -0.05) is 48.5 Å². The minimum atomic E-state index is -3.67. The van der Waals surface area contributed by atoms with Crippen LogP contribution in [0.2, 0.25) is 0 Å². The summed E-state index contributed by atoms with van der Waals surface area (Å²) in [6.07, 6.45) is 2.91. The highest BCUT2D eigenvalue weighted by Crippen LogP contribution is 2.47. The normalized spacial score (nSPS) is 17.8. The van der Waals surface area contributed by atoms with E-state index in [1.54, 1.807) is 18.7 Å². The predicted molar refractivity (Wildman–Crippen MR) is 165 cm³/mol. The van der Waals surface area contributed by atoms with Crippen LogP contribution in [0.5, 0.6) is 0 Å². The Balaban J connectivity index is 0.000000934. The smallest absolute Gasteiger partial charge is 0.261 e. The predicted octanol–water partition coefficient (Wildman–Crippen LogP) is 1.83. The molecule has 2 amide bonds. The number of hydrogen-bond donors (Lipinski definition) is 3. The van der Waals surface area contributed by atoms with Gasteiger partial charge in [0.2, 0.25) is 21.8 Å². The van der Waals surface area contributed by atoms with Crippen molar-refractivity contribution in [3.05, 3.63) is 65.7 Å². The number of amides is 2. The zero-order valence-corrected chi connectivity index (χ0v) is 26.8. The van der Waals surface area contributed by atoms with E-state index >= 15 is 0 Å². The van der Waals surface area contributed by atoms with E-state index in [0.29, 0.717) is 44.4 Å². The van der Waals surface area contributed by atoms with Crippen LogP contribution in [0.25, 0.3) is 0 Å². The molecule has 0 bridgehead atoms. The van der Waals surface area contributed by atoms with E-state index in [0.717, 1.165) is 11.1 Å². The van der Waals surface area contributed by atoms with Gasteiger partial charge in [0.15, 0.2) is 0 Å². The van der Waals surface area contributed by atoms with Crippen LogP contribution in [-0.2, 0) is 39.9 Å². The highest BCUT2D eigenvalue weighted by Gasteiger charge is 2.48. The zero-order chi connectivity index (χ0) is 32.2. The molecule has 1 saturated heterocycles. The molecule has 0 radical (unpaired) electrons. The fraction of sp³-hybridized carbons (Fsp3) is 0.517. The summed E-state index contributed by atoms with van der Waals surface area (Å²) in [4.78, 5) is 28.1. The summed E-state index contributed by atoms with van der Waals surface area (Å²) < 4.78 is 58.4. The second-order valence-electron chi connectivity index (χ2n) is 11.8. The number of hydrogen-bond acceptors (Lipinski definition) is 8. The molecule has 2 aliphatic rings. The number of ether oxygens (including phenoxy) is 1. The number of rotatable bonds is 8. The number of fused-ring (bicyclic) bond motifs is 2. The van der Waals surface area contributed by atoms with Crippen LogP contribution in [0, 0.1) is 0 Å². The Hall–Kier alpha value is -3.04. The van der Waals surface area contributed by atoms with Gasteiger partial charge in [0.25, 0.3) is 10.1 Å². The maximum atomic E-state index is 13.7. The van der Waals surface area contributed by atoms with Crippen LogP contribution in [-0.4, -0.2) is 88.4 Å². The number of likely N-dealkylation sites (tertiary alicyclic amines) is 1. The summed E-state index contributed by atoms with van der Waals surface area (Å²) in [5.41, 5.74) is 7.18. The first-order valence-electron chi connectivity index (χ1n) is 13.9. The van der Waals surface area contributed by atoms with Crippen molar-refractivity contribution in [2.24, 2.45) is 5.73 Å². The van der Waals surface area contributed by atoms with Gasteiger partial charge < -0.3 is 20.7 Å². The SMILES string of the molecule is CC(OCC(NC(=O)C(C)(C)N)C(=O)N1CCC2(CC1)CN(S(C)(=O)=O)c1ccccc12)c1ccccc1.CS(=O)(=O)O. The lowest BCUT2D eigenvalue weighted by atomic mass is 9.74. The molecule has 0 saturated carbocycles. The minimum Gasteiger partial charge on any atom is -0.371 e. The van der Waals surface area contributed by atoms with Crippen molar-refractivity contribution in [2.75, 3.05) is 43.1 Å². The summed E-state index contributed by atoms with van der Waals surface area (Å²) in [5, 5.41) is 2.80. The van der Waals surface area contributed by atoms with E-state index in [1.165, 1.54) is 10.6 Å². The molecular formula is C29H42N4O8S2. The van der Waals surface area contributed by atoms with Gasteiger partial charge in [0.05, 0.1) is 36.4 Å². The van der Waals surface area contributed by atoms with Crippen LogP contribution in [0.1, 0.15) is 50.8 Å². The zero-order valence-electron chi connectivity index (χ0n) is 25.2. The quantitative estimate of drug-likeness (QED) is 0.364. The molecule has 14 heteroatoms. The van der Waals surface area contributed by atoms with Crippen LogP contribution < -0.4 is 15.4 Å². The average Bonchev–Trinajstić information content (AvgIpc) is 3.24. The van der Waals surface area contributed by atoms with Crippen molar-refractivity contribution >= 4 is 37.6 Å². The van der Waals surface area contributed by atoms with Crippen molar-refractivity contribution in [1.29, 1.82) is 0 Å². The number of nitrogens with two attached hydrogens (primary N) is 1. The van der Waals surface area contributed by atoms with Crippen molar-refractivity contribution < 1.29 is 35.7 Å². The molecule has 12 nitrogen and oxygen atoms in total. The average molecular weight is 639 g/mol. The highest BCUT2D eigenvalue weighted by atomic mass is 32.2. The third-order valence-electron chi connectivity index (χ3n) is 7.59. The number of carbonyl (C=O) groups excluding carboxylic acids is 2. The van der Waals surface area contributed by atoms with Crippen LogP contribution in [0.3, 0.4) is 0 Å². The summed E-state index contributed by atoms with van der Waals surface area (Å²) in [6.45, 7) is 6.34. The van der Waals surface area contributed by atoms with E-state index in [4.69, 9.17) is 15.0 Å². The van der Waals surface area contributed by atoms with Gasteiger partial charge in [0, 0.05) is 25.0 Å². The van der Waals surface area contributed by atoms with Gasteiger partial charge >= 0.3 is 0 Å². The molecule has 2 aromatic carbocycles. The Morgan fingerprint density at radius 2 is 1.56 bits per heavy atom. The molecule has 0 aliphatic carbocycles. The maximum absolute atomic E-state index is 13.7.